The molecule has 20 heavy (non-hydrogen) atoms. The van der Waals surface area contributed by atoms with E-state index in [2.05, 4.69) is 10.6 Å². The van der Waals surface area contributed by atoms with E-state index in [1.807, 2.05) is 55.5 Å². The van der Waals surface area contributed by atoms with Gasteiger partial charge in [-0.2, -0.15) is 0 Å². The Hall–Kier alpha value is -2.00. The molecule has 0 bridgehead atoms. The Labute approximate surface area is 124 Å². The van der Waals surface area contributed by atoms with E-state index in [4.69, 9.17) is 11.6 Å². The lowest BCUT2D eigenvalue weighted by Crippen LogP contribution is -2.32. The summed E-state index contributed by atoms with van der Waals surface area (Å²) in [6.07, 6.45) is 0. The molecule has 2 aromatic carbocycles. The van der Waals surface area contributed by atoms with Crippen molar-refractivity contribution in [3.05, 3.63) is 65.2 Å². The number of para-hydroxylation sites is 1. The van der Waals surface area contributed by atoms with E-state index in [1.165, 1.54) is 0 Å². The number of hydrogen-bond acceptors (Lipinski definition) is 2. The zero-order valence-corrected chi connectivity index (χ0v) is 12.0. The lowest BCUT2D eigenvalue weighted by atomic mass is 10.1. The van der Waals surface area contributed by atoms with Crippen molar-refractivity contribution in [2.75, 3.05) is 11.9 Å². The molecule has 2 N–H and O–H groups in total. The molecule has 0 aromatic heterocycles. The van der Waals surface area contributed by atoms with Crippen LogP contribution in [0.1, 0.15) is 18.5 Å². The number of amides is 1. The molecule has 0 saturated heterocycles. The highest BCUT2D eigenvalue weighted by atomic mass is 35.5. The Bertz CT molecular complexity index is 572. The van der Waals surface area contributed by atoms with E-state index in [0.29, 0.717) is 5.02 Å². The number of anilines is 1. The van der Waals surface area contributed by atoms with Gasteiger partial charge in [0.2, 0.25) is 5.91 Å². The minimum Gasteiger partial charge on any atom is -0.375 e. The van der Waals surface area contributed by atoms with E-state index in [-0.39, 0.29) is 18.5 Å². The smallest absolute Gasteiger partial charge is 0.239 e. The molecule has 0 aliphatic rings. The Balaban J connectivity index is 1.86. The van der Waals surface area contributed by atoms with Crippen LogP contribution < -0.4 is 10.6 Å². The van der Waals surface area contributed by atoms with Gasteiger partial charge in [0, 0.05) is 0 Å². The zero-order chi connectivity index (χ0) is 14.4. The normalized spacial score (nSPS) is 11.7. The molecule has 0 heterocycles. The molecule has 2 rings (SSSR count). The minimum atomic E-state index is -0.0683. The fourth-order valence-corrected chi connectivity index (χ4v) is 2.10. The maximum absolute atomic E-state index is 11.9. The molecule has 1 unspecified atom stereocenters. The van der Waals surface area contributed by atoms with Crippen molar-refractivity contribution in [2.24, 2.45) is 0 Å². The molecule has 0 spiro atoms. The van der Waals surface area contributed by atoms with Gasteiger partial charge >= 0.3 is 0 Å². The van der Waals surface area contributed by atoms with Crippen molar-refractivity contribution in [3.63, 3.8) is 0 Å². The second-order valence-corrected chi connectivity index (χ2v) is 4.94. The SMILES string of the molecule is CC(NC(=O)CNc1ccccc1Cl)c1ccccc1. The van der Waals surface area contributed by atoms with Gasteiger partial charge < -0.3 is 10.6 Å². The topological polar surface area (TPSA) is 41.1 Å². The molecule has 0 radical (unpaired) electrons. The van der Waals surface area contributed by atoms with Gasteiger partial charge in [-0.3, -0.25) is 4.79 Å². The first kappa shape index (κ1) is 14.4. The minimum absolute atomic E-state index is 0.0169. The van der Waals surface area contributed by atoms with E-state index < -0.39 is 0 Å². The first-order chi connectivity index (χ1) is 9.66. The number of nitrogens with one attached hydrogen (secondary N) is 2. The molecule has 0 aliphatic heterocycles. The first-order valence-electron chi connectivity index (χ1n) is 6.49. The highest BCUT2D eigenvalue weighted by Crippen LogP contribution is 2.20. The van der Waals surface area contributed by atoms with Gasteiger partial charge in [0.05, 0.1) is 23.3 Å². The van der Waals surface area contributed by atoms with Gasteiger partial charge in [0.15, 0.2) is 0 Å². The van der Waals surface area contributed by atoms with Crippen LogP contribution in [0, 0.1) is 0 Å². The van der Waals surface area contributed by atoms with Crippen LogP contribution in [0.2, 0.25) is 5.02 Å². The number of benzene rings is 2. The van der Waals surface area contributed by atoms with Crippen LogP contribution in [-0.2, 0) is 4.79 Å². The summed E-state index contributed by atoms with van der Waals surface area (Å²) in [5, 5.41) is 6.57. The number of hydrogen-bond donors (Lipinski definition) is 2. The first-order valence-corrected chi connectivity index (χ1v) is 6.87. The van der Waals surface area contributed by atoms with Crippen LogP contribution >= 0.6 is 11.6 Å². The van der Waals surface area contributed by atoms with Crippen LogP contribution in [-0.4, -0.2) is 12.5 Å². The Kier molecular flexibility index (Phi) is 5.02. The fraction of sp³-hybridized carbons (Fsp3) is 0.188. The predicted octanol–water partition coefficient (Wildman–Crippen LogP) is 3.63. The molecule has 1 atom stereocenters. The molecule has 0 aliphatic carbocycles. The molecule has 4 heteroatoms. The van der Waals surface area contributed by atoms with E-state index in [1.54, 1.807) is 6.07 Å². The van der Waals surface area contributed by atoms with Crippen molar-refractivity contribution < 1.29 is 4.79 Å². The monoisotopic (exact) mass is 288 g/mol. The summed E-state index contributed by atoms with van der Waals surface area (Å²) in [6, 6.07) is 17.2. The second-order valence-electron chi connectivity index (χ2n) is 4.53. The van der Waals surface area contributed by atoms with Crippen molar-refractivity contribution in [1.82, 2.24) is 5.32 Å². The van der Waals surface area contributed by atoms with Crippen LogP contribution in [0.15, 0.2) is 54.6 Å². The summed E-state index contributed by atoms with van der Waals surface area (Å²) in [6.45, 7) is 2.16. The third-order valence-corrected chi connectivity index (χ3v) is 3.32. The van der Waals surface area contributed by atoms with Crippen molar-refractivity contribution in [2.45, 2.75) is 13.0 Å². The summed E-state index contributed by atoms with van der Waals surface area (Å²) < 4.78 is 0. The standard InChI is InChI=1S/C16H17ClN2O/c1-12(13-7-3-2-4-8-13)19-16(20)11-18-15-10-6-5-9-14(15)17/h2-10,12,18H,11H2,1H3,(H,19,20). The lowest BCUT2D eigenvalue weighted by Gasteiger charge is -2.15. The lowest BCUT2D eigenvalue weighted by molar-refractivity contribution is -0.120. The quantitative estimate of drug-likeness (QED) is 0.882. The molecule has 0 saturated carbocycles. The predicted molar refractivity (Wildman–Crippen MR) is 82.9 cm³/mol. The summed E-state index contributed by atoms with van der Waals surface area (Å²) >= 11 is 6.02. The Morgan fingerprint density at radius 2 is 1.75 bits per heavy atom. The highest BCUT2D eigenvalue weighted by molar-refractivity contribution is 6.33. The largest absolute Gasteiger partial charge is 0.375 e. The van der Waals surface area contributed by atoms with Gasteiger partial charge in [-0.05, 0) is 24.6 Å². The number of carbonyl (C=O) groups excluding carboxylic acids is 1. The van der Waals surface area contributed by atoms with E-state index >= 15 is 0 Å². The van der Waals surface area contributed by atoms with Gasteiger partial charge in [-0.1, -0.05) is 54.1 Å². The molecule has 0 fully saturated rings. The third-order valence-electron chi connectivity index (χ3n) is 2.99. The number of rotatable bonds is 5. The molecule has 104 valence electrons. The van der Waals surface area contributed by atoms with Gasteiger partial charge in [-0.25, -0.2) is 0 Å². The molecular formula is C16H17ClN2O. The fourth-order valence-electron chi connectivity index (χ4n) is 1.90. The summed E-state index contributed by atoms with van der Waals surface area (Å²) in [5.74, 6) is -0.0683. The molecule has 2 aromatic rings. The van der Waals surface area contributed by atoms with E-state index in [0.717, 1.165) is 11.3 Å². The molecular weight excluding hydrogens is 272 g/mol. The third kappa shape index (κ3) is 4.00. The van der Waals surface area contributed by atoms with Gasteiger partial charge in [0.25, 0.3) is 0 Å². The zero-order valence-electron chi connectivity index (χ0n) is 11.3. The van der Waals surface area contributed by atoms with Crippen LogP contribution in [0.3, 0.4) is 0 Å². The maximum atomic E-state index is 11.9. The summed E-state index contributed by atoms with van der Waals surface area (Å²) in [7, 11) is 0. The maximum Gasteiger partial charge on any atom is 0.239 e. The van der Waals surface area contributed by atoms with Crippen LogP contribution in [0.25, 0.3) is 0 Å². The van der Waals surface area contributed by atoms with Gasteiger partial charge in [0.1, 0.15) is 0 Å². The second kappa shape index (κ2) is 6.96. The van der Waals surface area contributed by atoms with Gasteiger partial charge in [-0.15, -0.1) is 0 Å². The molecule has 1 amide bonds. The van der Waals surface area contributed by atoms with E-state index in [9.17, 15) is 4.79 Å². The molecule has 3 nitrogen and oxygen atoms in total. The number of carbonyl (C=O) groups is 1. The summed E-state index contributed by atoms with van der Waals surface area (Å²) in [4.78, 5) is 11.9. The average Bonchev–Trinajstić information content (AvgIpc) is 2.47. The Morgan fingerprint density at radius 3 is 2.45 bits per heavy atom. The van der Waals surface area contributed by atoms with Crippen LogP contribution in [0.5, 0.6) is 0 Å². The summed E-state index contributed by atoms with van der Waals surface area (Å²) in [5.41, 5.74) is 1.84. The average molecular weight is 289 g/mol. The highest BCUT2D eigenvalue weighted by Gasteiger charge is 2.09. The van der Waals surface area contributed by atoms with Crippen molar-refractivity contribution >= 4 is 23.2 Å². The van der Waals surface area contributed by atoms with Crippen molar-refractivity contribution in [1.29, 1.82) is 0 Å². The van der Waals surface area contributed by atoms with Crippen LogP contribution in [0.4, 0.5) is 5.69 Å². The number of halogens is 1. The Morgan fingerprint density at radius 1 is 1.10 bits per heavy atom. The van der Waals surface area contributed by atoms with Crippen molar-refractivity contribution in [3.8, 4) is 0 Å².